The maximum absolute atomic E-state index is 11.0. The predicted octanol–water partition coefficient (Wildman–Crippen LogP) is 3.23. The van der Waals surface area contributed by atoms with Crippen molar-refractivity contribution in [2.45, 2.75) is 47.5 Å². The predicted molar refractivity (Wildman–Crippen MR) is 67.5 cm³/mol. The van der Waals surface area contributed by atoms with Crippen LogP contribution in [0.1, 0.15) is 47.5 Å². The molecule has 4 nitrogen and oxygen atoms in total. The minimum atomic E-state index is -0.833. The Labute approximate surface area is 104 Å². The highest BCUT2D eigenvalue weighted by molar-refractivity contribution is 5.70. The van der Waals surface area contributed by atoms with Crippen molar-refractivity contribution < 1.29 is 19.4 Å². The third kappa shape index (κ3) is 20.7. The zero-order valence-electron chi connectivity index (χ0n) is 11.4. The summed E-state index contributed by atoms with van der Waals surface area (Å²) in [5, 5.41) is 7.42. The molecule has 0 saturated carbocycles. The van der Waals surface area contributed by atoms with Crippen molar-refractivity contribution in [1.29, 1.82) is 0 Å². The van der Waals surface area contributed by atoms with Gasteiger partial charge in [0.05, 0.1) is 6.26 Å². The number of hydrogen-bond acceptors (Lipinski definition) is 3. The summed E-state index contributed by atoms with van der Waals surface area (Å²) in [6.07, 6.45) is 2.69. The molecule has 0 aliphatic carbocycles. The van der Waals surface area contributed by atoms with Crippen molar-refractivity contribution in [2.75, 3.05) is 0 Å². The van der Waals surface area contributed by atoms with E-state index in [1.807, 2.05) is 0 Å². The van der Waals surface area contributed by atoms with E-state index in [1.165, 1.54) is 6.26 Å². The summed E-state index contributed by atoms with van der Waals surface area (Å²) >= 11 is 0. The highest BCUT2D eigenvalue weighted by Gasteiger charge is 2.17. The molecule has 0 aliphatic rings. The van der Waals surface area contributed by atoms with E-state index in [-0.39, 0.29) is 11.4 Å². The van der Waals surface area contributed by atoms with Gasteiger partial charge >= 0.3 is 5.97 Å². The van der Waals surface area contributed by atoms with Gasteiger partial charge in [-0.1, -0.05) is 34.3 Å². The quantitative estimate of drug-likeness (QED) is 0.609. The molecule has 0 aromatic rings. The Kier molecular flexibility index (Phi) is 9.33. The second-order valence-corrected chi connectivity index (χ2v) is 5.25. The van der Waals surface area contributed by atoms with Gasteiger partial charge in [0.2, 0.25) is 0 Å². The summed E-state index contributed by atoms with van der Waals surface area (Å²) in [6.45, 7) is 13.0. The van der Waals surface area contributed by atoms with Gasteiger partial charge < -0.3 is 9.84 Å². The van der Waals surface area contributed by atoms with Gasteiger partial charge in [-0.3, -0.25) is 9.59 Å². The number of rotatable bonds is 4. The number of carbonyl (C=O) groups excluding carboxylic acids is 1. The standard InChI is InChI=1S/C11H20O2.C2H4O2/c1-6-13-10(12)7-9(2)8-11(3,4)5;1-2(3)4/h6,9H,1,7-8H2,2-5H3;1H3,(H,3,4). The summed E-state index contributed by atoms with van der Waals surface area (Å²) in [4.78, 5) is 20.0. The lowest BCUT2D eigenvalue weighted by molar-refractivity contribution is -0.139. The zero-order chi connectivity index (χ0) is 14.1. The smallest absolute Gasteiger partial charge is 0.310 e. The Morgan fingerprint density at radius 2 is 1.82 bits per heavy atom. The third-order valence-electron chi connectivity index (χ3n) is 1.69. The Morgan fingerprint density at radius 3 is 2.12 bits per heavy atom. The molecule has 0 heterocycles. The molecule has 4 heteroatoms. The summed E-state index contributed by atoms with van der Waals surface area (Å²) in [6, 6.07) is 0. The molecular weight excluding hydrogens is 220 g/mol. The zero-order valence-corrected chi connectivity index (χ0v) is 11.4. The van der Waals surface area contributed by atoms with Crippen molar-refractivity contribution in [2.24, 2.45) is 11.3 Å². The lowest BCUT2D eigenvalue weighted by Crippen LogP contribution is -2.14. The Hall–Kier alpha value is -1.32. The van der Waals surface area contributed by atoms with E-state index < -0.39 is 5.97 Å². The number of carboxylic acid groups (broad SMARTS) is 1. The van der Waals surface area contributed by atoms with Crippen LogP contribution >= 0.6 is 0 Å². The van der Waals surface area contributed by atoms with Gasteiger partial charge in [-0.2, -0.15) is 0 Å². The molecule has 100 valence electrons. The molecule has 17 heavy (non-hydrogen) atoms. The summed E-state index contributed by atoms with van der Waals surface area (Å²) in [7, 11) is 0. The molecule has 0 spiro atoms. The van der Waals surface area contributed by atoms with Crippen LogP contribution in [0.5, 0.6) is 0 Å². The molecule has 0 saturated heterocycles. The lowest BCUT2D eigenvalue weighted by atomic mass is 9.84. The Morgan fingerprint density at radius 1 is 1.41 bits per heavy atom. The molecule has 0 fully saturated rings. The minimum absolute atomic E-state index is 0.188. The topological polar surface area (TPSA) is 63.6 Å². The highest BCUT2D eigenvalue weighted by atomic mass is 16.5. The average molecular weight is 244 g/mol. The van der Waals surface area contributed by atoms with Crippen LogP contribution in [-0.4, -0.2) is 17.0 Å². The van der Waals surface area contributed by atoms with Crippen molar-refractivity contribution in [3.63, 3.8) is 0 Å². The number of esters is 1. The molecule has 0 aromatic heterocycles. The first-order valence-electron chi connectivity index (χ1n) is 5.58. The van der Waals surface area contributed by atoms with Crippen LogP contribution in [-0.2, 0) is 14.3 Å². The normalized spacial score (nSPS) is 11.8. The second-order valence-electron chi connectivity index (χ2n) is 5.25. The fraction of sp³-hybridized carbons (Fsp3) is 0.692. The van der Waals surface area contributed by atoms with Gasteiger partial charge in [0.15, 0.2) is 0 Å². The maximum Gasteiger partial charge on any atom is 0.310 e. The summed E-state index contributed by atoms with van der Waals surface area (Å²) in [5.74, 6) is -0.654. The van der Waals surface area contributed by atoms with Gasteiger partial charge in [0, 0.05) is 13.3 Å². The molecule has 1 atom stereocenters. The van der Waals surface area contributed by atoms with E-state index in [4.69, 9.17) is 9.90 Å². The van der Waals surface area contributed by atoms with Crippen molar-refractivity contribution >= 4 is 11.9 Å². The van der Waals surface area contributed by atoms with E-state index in [9.17, 15) is 4.79 Å². The largest absolute Gasteiger partial charge is 0.481 e. The third-order valence-corrected chi connectivity index (χ3v) is 1.69. The van der Waals surface area contributed by atoms with Crippen LogP contribution < -0.4 is 0 Å². The SMILES string of the molecule is C=COC(=O)CC(C)CC(C)(C)C.CC(=O)O. The lowest BCUT2D eigenvalue weighted by Gasteiger charge is -2.22. The molecule has 0 amide bonds. The minimum Gasteiger partial charge on any atom is -0.481 e. The number of aliphatic carboxylic acids is 1. The summed E-state index contributed by atoms with van der Waals surface area (Å²) < 4.78 is 4.65. The highest BCUT2D eigenvalue weighted by Crippen LogP contribution is 2.25. The monoisotopic (exact) mass is 244 g/mol. The van der Waals surface area contributed by atoms with Crippen LogP contribution in [0.4, 0.5) is 0 Å². The van der Waals surface area contributed by atoms with Crippen molar-refractivity contribution in [1.82, 2.24) is 0 Å². The molecule has 1 unspecified atom stereocenters. The van der Waals surface area contributed by atoms with Crippen LogP contribution in [0.2, 0.25) is 0 Å². The fourth-order valence-corrected chi connectivity index (χ4v) is 1.54. The van der Waals surface area contributed by atoms with Crippen LogP contribution in [0.15, 0.2) is 12.8 Å². The van der Waals surface area contributed by atoms with Gasteiger partial charge in [0.1, 0.15) is 0 Å². The van der Waals surface area contributed by atoms with E-state index in [1.54, 1.807) is 0 Å². The van der Waals surface area contributed by atoms with Gasteiger partial charge in [-0.05, 0) is 17.8 Å². The van der Waals surface area contributed by atoms with Gasteiger partial charge in [-0.25, -0.2) is 0 Å². The average Bonchev–Trinajstić information content (AvgIpc) is 1.97. The molecule has 0 rings (SSSR count). The molecule has 1 N–H and O–H groups in total. The maximum atomic E-state index is 11.0. The van der Waals surface area contributed by atoms with E-state index in [0.29, 0.717) is 12.3 Å². The first-order valence-corrected chi connectivity index (χ1v) is 5.58. The molecule has 0 radical (unpaired) electrons. The first kappa shape index (κ1) is 18.1. The molecular formula is C13H24O4. The number of hydrogen-bond donors (Lipinski definition) is 1. The van der Waals surface area contributed by atoms with Crippen molar-refractivity contribution in [3.8, 4) is 0 Å². The van der Waals surface area contributed by atoms with Crippen LogP contribution in [0, 0.1) is 11.3 Å². The number of carboxylic acids is 1. The van der Waals surface area contributed by atoms with Gasteiger partial charge in [-0.15, -0.1) is 0 Å². The van der Waals surface area contributed by atoms with E-state index in [0.717, 1.165) is 13.3 Å². The molecule has 0 bridgehead atoms. The fourth-order valence-electron chi connectivity index (χ4n) is 1.54. The second kappa shape index (κ2) is 8.79. The first-order chi connectivity index (χ1) is 7.58. The molecule has 0 aliphatic heterocycles. The van der Waals surface area contributed by atoms with E-state index in [2.05, 4.69) is 39.0 Å². The Bertz CT molecular complexity index is 247. The van der Waals surface area contributed by atoms with Crippen LogP contribution in [0.3, 0.4) is 0 Å². The van der Waals surface area contributed by atoms with E-state index >= 15 is 0 Å². The van der Waals surface area contributed by atoms with Crippen LogP contribution in [0.25, 0.3) is 0 Å². The Balaban J connectivity index is 0. The number of carbonyl (C=O) groups is 2. The van der Waals surface area contributed by atoms with Crippen molar-refractivity contribution in [3.05, 3.63) is 12.8 Å². The molecule has 0 aromatic carbocycles. The number of ether oxygens (including phenoxy) is 1. The summed E-state index contributed by atoms with van der Waals surface area (Å²) in [5.41, 5.74) is 0.272. The van der Waals surface area contributed by atoms with Gasteiger partial charge in [0.25, 0.3) is 5.97 Å².